The van der Waals surface area contributed by atoms with E-state index in [0.717, 1.165) is 19.3 Å². The summed E-state index contributed by atoms with van der Waals surface area (Å²) in [5.41, 5.74) is -0.923. The van der Waals surface area contributed by atoms with E-state index in [0.29, 0.717) is 5.92 Å². The van der Waals surface area contributed by atoms with E-state index in [-0.39, 0.29) is 12.7 Å². The fourth-order valence-electron chi connectivity index (χ4n) is 2.45. The molecule has 2 unspecified atom stereocenters. The lowest BCUT2D eigenvalue weighted by Crippen LogP contribution is -2.52. The number of rotatable bonds is 2. The van der Waals surface area contributed by atoms with Crippen LogP contribution in [-0.4, -0.2) is 40.9 Å². The van der Waals surface area contributed by atoms with E-state index in [1.54, 1.807) is 11.9 Å². The smallest absolute Gasteiger partial charge is 0.410 e. The number of likely N-dealkylation sites (N-methyl/N-ethyl adjacent to an activating group) is 1. The second-order valence-corrected chi connectivity index (χ2v) is 6.27. The van der Waals surface area contributed by atoms with Crippen molar-refractivity contribution >= 4 is 6.09 Å². The SMILES string of the molecule is CC1CCC(CO)(N(C)C(=O)OC(C)(C)C)C1. The van der Waals surface area contributed by atoms with Crippen molar-refractivity contribution in [1.29, 1.82) is 0 Å². The predicted octanol–water partition coefficient (Wildman–Crippen LogP) is 2.40. The molecule has 1 aliphatic carbocycles. The number of amides is 1. The molecular weight excluding hydrogens is 218 g/mol. The van der Waals surface area contributed by atoms with Crippen LogP contribution >= 0.6 is 0 Å². The molecule has 1 aliphatic rings. The van der Waals surface area contributed by atoms with Crippen molar-refractivity contribution in [3.8, 4) is 0 Å². The highest BCUT2D eigenvalue weighted by atomic mass is 16.6. The lowest BCUT2D eigenvalue weighted by molar-refractivity contribution is -0.00871. The van der Waals surface area contributed by atoms with Crippen LogP contribution in [0, 0.1) is 5.92 Å². The maximum atomic E-state index is 12.0. The van der Waals surface area contributed by atoms with Crippen LogP contribution in [0.15, 0.2) is 0 Å². The third-order valence-electron chi connectivity index (χ3n) is 3.50. The summed E-state index contributed by atoms with van der Waals surface area (Å²) in [6.07, 6.45) is 2.40. The van der Waals surface area contributed by atoms with Gasteiger partial charge in [-0.15, -0.1) is 0 Å². The summed E-state index contributed by atoms with van der Waals surface area (Å²) in [5, 5.41) is 9.60. The molecule has 1 fully saturated rings. The standard InChI is InChI=1S/C13H25NO3/c1-10-6-7-13(8-10,9-15)14(5)11(16)17-12(2,3)4/h10,15H,6-9H2,1-5H3. The molecule has 1 rings (SSSR count). The van der Waals surface area contributed by atoms with E-state index in [2.05, 4.69) is 6.92 Å². The average molecular weight is 243 g/mol. The third kappa shape index (κ3) is 3.35. The van der Waals surface area contributed by atoms with E-state index in [1.165, 1.54) is 0 Å². The molecule has 4 nitrogen and oxygen atoms in total. The average Bonchev–Trinajstić information content (AvgIpc) is 2.57. The van der Waals surface area contributed by atoms with Crippen molar-refractivity contribution in [3.05, 3.63) is 0 Å². The minimum Gasteiger partial charge on any atom is -0.444 e. The highest BCUT2D eigenvalue weighted by molar-refractivity contribution is 5.69. The molecule has 4 heteroatoms. The molecule has 2 atom stereocenters. The first-order chi connectivity index (χ1) is 7.70. The number of carbonyl (C=O) groups is 1. The van der Waals surface area contributed by atoms with Gasteiger partial charge in [0.25, 0.3) is 0 Å². The number of aliphatic hydroxyl groups excluding tert-OH is 1. The summed E-state index contributed by atoms with van der Waals surface area (Å²) in [6, 6.07) is 0. The van der Waals surface area contributed by atoms with Crippen molar-refractivity contribution in [2.45, 2.75) is 58.1 Å². The Bertz CT molecular complexity index is 285. The molecule has 0 aromatic carbocycles. The second kappa shape index (κ2) is 4.84. The number of carbonyl (C=O) groups excluding carboxylic acids is 1. The molecule has 0 radical (unpaired) electrons. The van der Waals surface area contributed by atoms with Gasteiger partial charge in [0.15, 0.2) is 0 Å². The topological polar surface area (TPSA) is 49.8 Å². The lowest BCUT2D eigenvalue weighted by Gasteiger charge is -2.38. The maximum absolute atomic E-state index is 12.0. The van der Waals surface area contributed by atoms with Crippen LogP contribution in [0.4, 0.5) is 4.79 Å². The summed E-state index contributed by atoms with van der Waals surface area (Å²) < 4.78 is 5.35. The molecule has 0 aromatic rings. The van der Waals surface area contributed by atoms with Crippen LogP contribution in [0.5, 0.6) is 0 Å². The monoisotopic (exact) mass is 243 g/mol. The molecule has 0 bridgehead atoms. The van der Waals surface area contributed by atoms with Gasteiger partial charge in [0, 0.05) is 7.05 Å². The Morgan fingerprint density at radius 2 is 2.12 bits per heavy atom. The first-order valence-electron chi connectivity index (χ1n) is 6.28. The summed E-state index contributed by atoms with van der Waals surface area (Å²) in [6.45, 7) is 7.71. The Hall–Kier alpha value is -0.770. The zero-order valence-corrected chi connectivity index (χ0v) is 11.6. The largest absolute Gasteiger partial charge is 0.444 e. The Morgan fingerprint density at radius 3 is 2.47 bits per heavy atom. The van der Waals surface area contributed by atoms with Crippen LogP contribution < -0.4 is 0 Å². The van der Waals surface area contributed by atoms with Crippen molar-refractivity contribution in [2.24, 2.45) is 5.92 Å². The minimum atomic E-state index is -0.494. The van der Waals surface area contributed by atoms with Gasteiger partial charge >= 0.3 is 6.09 Å². The van der Waals surface area contributed by atoms with Crippen molar-refractivity contribution in [2.75, 3.05) is 13.7 Å². The molecule has 1 N–H and O–H groups in total. The molecule has 1 saturated carbocycles. The molecule has 1 amide bonds. The van der Waals surface area contributed by atoms with Crippen LogP contribution in [0.1, 0.15) is 47.0 Å². The second-order valence-electron chi connectivity index (χ2n) is 6.27. The van der Waals surface area contributed by atoms with E-state index in [9.17, 15) is 9.90 Å². The number of hydrogen-bond donors (Lipinski definition) is 1. The molecular formula is C13H25NO3. The van der Waals surface area contributed by atoms with Gasteiger partial charge in [0.05, 0.1) is 12.1 Å². The number of nitrogens with zero attached hydrogens (tertiary/aromatic N) is 1. The van der Waals surface area contributed by atoms with E-state index in [4.69, 9.17) is 4.74 Å². The summed E-state index contributed by atoms with van der Waals surface area (Å²) in [4.78, 5) is 13.6. The van der Waals surface area contributed by atoms with E-state index in [1.807, 2.05) is 20.8 Å². The fourth-order valence-corrected chi connectivity index (χ4v) is 2.45. The van der Waals surface area contributed by atoms with Gasteiger partial charge in [-0.1, -0.05) is 6.92 Å². The van der Waals surface area contributed by atoms with Crippen molar-refractivity contribution in [3.63, 3.8) is 0 Å². The molecule has 100 valence electrons. The highest BCUT2D eigenvalue weighted by Gasteiger charge is 2.43. The Kier molecular flexibility index (Phi) is 4.07. The molecule has 0 aromatic heterocycles. The molecule has 17 heavy (non-hydrogen) atoms. The van der Waals surface area contributed by atoms with Gasteiger partial charge in [0.1, 0.15) is 5.60 Å². The number of hydrogen-bond acceptors (Lipinski definition) is 3. The predicted molar refractivity (Wildman–Crippen MR) is 66.8 cm³/mol. The normalized spacial score (nSPS) is 29.2. The summed E-state index contributed by atoms with van der Waals surface area (Å²) in [7, 11) is 1.72. The molecule has 0 spiro atoms. The number of ether oxygens (including phenoxy) is 1. The lowest BCUT2D eigenvalue weighted by atomic mass is 9.96. The number of aliphatic hydroxyl groups is 1. The van der Waals surface area contributed by atoms with E-state index >= 15 is 0 Å². The van der Waals surface area contributed by atoms with Crippen molar-refractivity contribution < 1.29 is 14.6 Å². The Labute approximate surface area is 104 Å². The van der Waals surface area contributed by atoms with Crippen LogP contribution in [0.3, 0.4) is 0 Å². The quantitative estimate of drug-likeness (QED) is 0.810. The van der Waals surface area contributed by atoms with Gasteiger partial charge in [-0.2, -0.15) is 0 Å². The van der Waals surface area contributed by atoms with Gasteiger partial charge < -0.3 is 14.7 Å². The Morgan fingerprint density at radius 1 is 1.53 bits per heavy atom. The fraction of sp³-hybridized carbons (Fsp3) is 0.923. The zero-order valence-electron chi connectivity index (χ0n) is 11.6. The molecule has 0 heterocycles. The van der Waals surface area contributed by atoms with Gasteiger partial charge in [-0.25, -0.2) is 4.79 Å². The molecule has 0 aliphatic heterocycles. The van der Waals surface area contributed by atoms with Crippen molar-refractivity contribution in [1.82, 2.24) is 4.90 Å². The van der Waals surface area contributed by atoms with E-state index < -0.39 is 11.1 Å². The van der Waals surface area contributed by atoms with Gasteiger partial charge in [-0.3, -0.25) is 0 Å². The van der Waals surface area contributed by atoms with Crippen LogP contribution in [0.25, 0.3) is 0 Å². The molecule has 0 saturated heterocycles. The van der Waals surface area contributed by atoms with Gasteiger partial charge in [0.2, 0.25) is 0 Å². The third-order valence-corrected chi connectivity index (χ3v) is 3.50. The summed E-state index contributed by atoms with van der Waals surface area (Å²) in [5.74, 6) is 0.548. The highest BCUT2D eigenvalue weighted by Crippen LogP contribution is 2.38. The zero-order chi connectivity index (χ0) is 13.3. The van der Waals surface area contributed by atoms with Gasteiger partial charge in [-0.05, 0) is 46.0 Å². The first kappa shape index (κ1) is 14.3. The summed E-state index contributed by atoms with van der Waals surface area (Å²) >= 11 is 0. The van der Waals surface area contributed by atoms with Crippen LogP contribution in [0.2, 0.25) is 0 Å². The minimum absolute atomic E-state index is 0.00703. The maximum Gasteiger partial charge on any atom is 0.410 e. The van der Waals surface area contributed by atoms with Crippen LogP contribution in [-0.2, 0) is 4.74 Å². The first-order valence-corrected chi connectivity index (χ1v) is 6.28. The Balaban J connectivity index is 2.73.